The van der Waals surface area contributed by atoms with Crippen LogP contribution in [0.15, 0.2) is 11.6 Å². The zero-order chi connectivity index (χ0) is 35.2. The van der Waals surface area contributed by atoms with E-state index >= 15 is 0 Å². The second-order valence-electron chi connectivity index (χ2n) is 18.4. The number of hydrogen-bond acceptors (Lipinski definition) is 11. The third kappa shape index (κ3) is 4.35. The minimum Gasteiger partial charge on any atom is -0.457 e. The number of aliphatic hydroxyl groups excluding tert-OH is 4. The van der Waals surface area contributed by atoms with Gasteiger partial charge in [-0.1, -0.05) is 46.3 Å². The summed E-state index contributed by atoms with van der Waals surface area (Å²) in [5, 5.41) is 66.9. The highest BCUT2D eigenvalue weighted by atomic mass is 16.7. The molecule has 5 aliphatic carbocycles. The lowest BCUT2D eigenvalue weighted by atomic mass is 9.44. The minimum atomic E-state index is -1.90. The van der Waals surface area contributed by atoms with Gasteiger partial charge in [0.2, 0.25) is 0 Å². The number of allylic oxidation sites excluding steroid dienone is 1. The van der Waals surface area contributed by atoms with Crippen LogP contribution in [0.2, 0.25) is 0 Å². The van der Waals surface area contributed by atoms with E-state index in [4.69, 9.17) is 18.9 Å². The van der Waals surface area contributed by atoms with Crippen LogP contribution in [0.1, 0.15) is 100 Å². The average Bonchev–Trinajstić information content (AvgIpc) is 3.62. The fourth-order valence-electron chi connectivity index (χ4n) is 13.0. The van der Waals surface area contributed by atoms with E-state index in [-0.39, 0.29) is 46.7 Å². The molecule has 272 valence electrons. The summed E-state index contributed by atoms with van der Waals surface area (Å²) >= 11 is 0. The van der Waals surface area contributed by atoms with Crippen LogP contribution in [0.4, 0.5) is 0 Å². The van der Waals surface area contributed by atoms with Crippen molar-refractivity contribution in [1.29, 1.82) is 0 Å². The maximum atomic E-state index is 12.6. The molecule has 2 saturated heterocycles. The number of carbonyl (C=O) groups is 1. The van der Waals surface area contributed by atoms with Gasteiger partial charge in [-0.2, -0.15) is 0 Å². The molecule has 2 spiro atoms. The van der Waals surface area contributed by atoms with Gasteiger partial charge in [-0.05, 0) is 92.3 Å². The average molecular weight is 679 g/mol. The van der Waals surface area contributed by atoms with Gasteiger partial charge in [-0.15, -0.1) is 0 Å². The van der Waals surface area contributed by atoms with Crippen molar-refractivity contribution in [2.24, 2.45) is 44.8 Å². The molecule has 6 fully saturated rings. The lowest BCUT2D eigenvalue weighted by Crippen LogP contribution is -2.61. The van der Waals surface area contributed by atoms with Crippen molar-refractivity contribution in [3.63, 3.8) is 0 Å². The fraction of sp³-hybridized carbons (Fsp3) is 0.919. The Kier molecular flexibility index (Phi) is 7.86. The van der Waals surface area contributed by atoms with Gasteiger partial charge in [0.15, 0.2) is 18.2 Å². The molecule has 0 bridgehead atoms. The van der Waals surface area contributed by atoms with Gasteiger partial charge >= 0.3 is 5.97 Å². The number of ether oxygens (including phenoxy) is 4. The summed E-state index contributed by atoms with van der Waals surface area (Å²) in [5.41, 5.74) is -1.83. The molecule has 48 heavy (non-hydrogen) atoms. The standard InChI is InChI=1S/C37H58O11/c1-18-15-21(28(32(5,6)43)46-19(2)38)48-37(44)27(18)33(7)13-14-36-17-35(36)12-11-24(47-29-26(41)25(40)20(39)16-45-29)31(3,4)22(35)9-10-23(36)34(33,8)30(37)42/h10,18,20-22,24-30,39-44H,9,11-17H2,1-8H3/t18-,20-,21-,22?,24+,25-,26?,27-,28-,29+,30-,33-,34-,35-,36+,37-/m1/s1. The highest BCUT2D eigenvalue weighted by Gasteiger charge is 2.85. The van der Waals surface area contributed by atoms with E-state index in [9.17, 15) is 35.4 Å². The number of esters is 1. The lowest BCUT2D eigenvalue weighted by Gasteiger charge is -2.60. The molecular weight excluding hydrogens is 620 g/mol. The molecule has 4 saturated carbocycles. The van der Waals surface area contributed by atoms with E-state index in [1.54, 1.807) is 13.8 Å². The van der Waals surface area contributed by atoms with E-state index in [2.05, 4.69) is 40.7 Å². The Morgan fingerprint density at radius 3 is 2.40 bits per heavy atom. The molecule has 11 heteroatoms. The van der Waals surface area contributed by atoms with Crippen molar-refractivity contribution < 1.29 is 54.4 Å². The Morgan fingerprint density at radius 2 is 1.75 bits per heavy atom. The van der Waals surface area contributed by atoms with Crippen molar-refractivity contribution in [2.45, 2.75) is 161 Å². The fourth-order valence-corrected chi connectivity index (χ4v) is 13.0. The number of hydrogen-bond donors (Lipinski definition) is 6. The summed E-state index contributed by atoms with van der Waals surface area (Å²) in [5.74, 6) is -2.63. The Morgan fingerprint density at radius 1 is 1.06 bits per heavy atom. The maximum Gasteiger partial charge on any atom is 0.303 e. The molecular formula is C37H58O11. The summed E-state index contributed by atoms with van der Waals surface area (Å²) < 4.78 is 24.2. The van der Waals surface area contributed by atoms with E-state index in [1.807, 2.05) is 0 Å². The van der Waals surface area contributed by atoms with Gasteiger partial charge in [-0.25, -0.2) is 0 Å². The number of carbonyl (C=O) groups excluding carboxylic acids is 1. The van der Waals surface area contributed by atoms with Crippen molar-refractivity contribution in [1.82, 2.24) is 0 Å². The predicted octanol–water partition coefficient (Wildman–Crippen LogP) is 2.57. The van der Waals surface area contributed by atoms with Crippen molar-refractivity contribution in [3.05, 3.63) is 11.6 Å². The Balaban J connectivity index is 1.20. The van der Waals surface area contributed by atoms with E-state index in [0.29, 0.717) is 6.42 Å². The molecule has 6 N–H and O–H groups in total. The molecule has 0 aromatic heterocycles. The van der Waals surface area contributed by atoms with Gasteiger partial charge in [-0.3, -0.25) is 4.79 Å². The number of fused-ring (bicyclic) bond motifs is 4. The van der Waals surface area contributed by atoms with Crippen LogP contribution in [0.25, 0.3) is 0 Å². The second kappa shape index (κ2) is 10.7. The first kappa shape index (κ1) is 35.3. The summed E-state index contributed by atoms with van der Waals surface area (Å²) in [7, 11) is 0. The minimum absolute atomic E-state index is 0.0129. The normalized spacial score (nSPS) is 54.4. The molecule has 7 rings (SSSR count). The molecule has 7 aliphatic rings. The van der Waals surface area contributed by atoms with Crippen LogP contribution >= 0.6 is 0 Å². The molecule has 2 heterocycles. The monoisotopic (exact) mass is 678 g/mol. The molecule has 16 atom stereocenters. The van der Waals surface area contributed by atoms with Crippen LogP contribution in [0.5, 0.6) is 0 Å². The first-order valence-electron chi connectivity index (χ1n) is 18.1. The zero-order valence-corrected chi connectivity index (χ0v) is 29.8. The van der Waals surface area contributed by atoms with E-state index in [0.717, 1.165) is 38.5 Å². The highest BCUT2D eigenvalue weighted by molar-refractivity contribution is 5.66. The summed E-state index contributed by atoms with van der Waals surface area (Å²) in [6.45, 7) is 15.2. The van der Waals surface area contributed by atoms with Crippen LogP contribution in [0, 0.1) is 44.8 Å². The van der Waals surface area contributed by atoms with Crippen LogP contribution in [0.3, 0.4) is 0 Å². The largest absolute Gasteiger partial charge is 0.457 e. The summed E-state index contributed by atoms with van der Waals surface area (Å²) in [6, 6.07) is 0. The Labute approximate surface area is 284 Å². The van der Waals surface area contributed by atoms with Gasteiger partial charge in [0, 0.05) is 18.3 Å². The van der Waals surface area contributed by atoms with Crippen LogP contribution in [-0.4, -0.2) is 104 Å². The third-order valence-electron chi connectivity index (χ3n) is 15.2. The van der Waals surface area contributed by atoms with Gasteiger partial charge in [0.25, 0.3) is 0 Å². The Bertz CT molecular complexity index is 1360. The SMILES string of the molecule is CC(=O)O[C@H]([C@H]1C[C@@H](C)[C@H]2[C@@](O)(O1)[C@H](O)[C@@]1(C)C3=CCC4C(C)(C)[C@@H](O[C@@H]5OC[C@@H](O)[C@@H](O)C5O)CC[C@@]45C[C@@]35CC[C@]21C)C(C)(C)O. The summed E-state index contributed by atoms with van der Waals surface area (Å²) in [6.07, 6.45) is -0.0661. The molecule has 0 amide bonds. The van der Waals surface area contributed by atoms with E-state index < -0.39 is 71.1 Å². The molecule has 0 aromatic carbocycles. The quantitative estimate of drug-likeness (QED) is 0.186. The third-order valence-corrected chi connectivity index (χ3v) is 15.2. The number of rotatable bonds is 5. The maximum absolute atomic E-state index is 12.6. The smallest absolute Gasteiger partial charge is 0.303 e. The van der Waals surface area contributed by atoms with Crippen LogP contribution in [-0.2, 0) is 23.7 Å². The number of aliphatic hydroxyl groups is 6. The summed E-state index contributed by atoms with van der Waals surface area (Å²) in [4.78, 5) is 12.1. The topological polar surface area (TPSA) is 175 Å². The zero-order valence-electron chi connectivity index (χ0n) is 29.8. The van der Waals surface area contributed by atoms with Crippen molar-refractivity contribution in [2.75, 3.05) is 6.61 Å². The van der Waals surface area contributed by atoms with Crippen LogP contribution < -0.4 is 0 Å². The van der Waals surface area contributed by atoms with Gasteiger partial charge in [0.05, 0.1) is 18.3 Å². The van der Waals surface area contributed by atoms with Gasteiger partial charge < -0.3 is 49.6 Å². The molecule has 2 unspecified atom stereocenters. The Hall–Kier alpha value is -1.15. The predicted molar refractivity (Wildman–Crippen MR) is 172 cm³/mol. The molecule has 11 nitrogen and oxygen atoms in total. The molecule has 0 radical (unpaired) electrons. The second-order valence-corrected chi connectivity index (χ2v) is 18.4. The van der Waals surface area contributed by atoms with Gasteiger partial charge in [0.1, 0.15) is 30.5 Å². The first-order chi connectivity index (χ1) is 22.1. The van der Waals surface area contributed by atoms with Crippen molar-refractivity contribution in [3.8, 4) is 0 Å². The molecule has 2 aliphatic heterocycles. The first-order valence-corrected chi connectivity index (χ1v) is 18.1. The van der Waals surface area contributed by atoms with E-state index in [1.165, 1.54) is 12.5 Å². The highest BCUT2D eigenvalue weighted by Crippen LogP contribution is 2.88. The molecule has 0 aromatic rings. The lowest BCUT2D eigenvalue weighted by molar-refractivity contribution is -0.341. The van der Waals surface area contributed by atoms with Crippen molar-refractivity contribution >= 4 is 5.97 Å².